The highest BCUT2D eigenvalue weighted by Gasteiger charge is 2.18. The quantitative estimate of drug-likeness (QED) is 0.770. The Kier molecular flexibility index (Phi) is 7.15. The minimum Gasteiger partial charge on any atom is -0.382 e. The van der Waals surface area contributed by atoms with Gasteiger partial charge in [0.25, 0.3) is 5.91 Å². The Bertz CT molecular complexity index is 436. The first-order chi connectivity index (χ1) is 9.49. The van der Waals surface area contributed by atoms with Crippen LogP contribution in [0.2, 0.25) is 0 Å². The number of amides is 1. The number of hydrogen-bond acceptors (Lipinski definition) is 6. The van der Waals surface area contributed by atoms with Crippen molar-refractivity contribution in [1.29, 1.82) is 0 Å². The molecule has 1 heterocycles. The van der Waals surface area contributed by atoms with Crippen molar-refractivity contribution in [1.82, 2.24) is 10.3 Å². The zero-order valence-electron chi connectivity index (χ0n) is 12.6. The number of rotatable bonds is 8. The number of anilines is 2. The summed E-state index contributed by atoms with van der Waals surface area (Å²) in [6, 6.07) is 0. The van der Waals surface area contributed by atoms with Crippen molar-refractivity contribution in [2.75, 3.05) is 42.8 Å². The van der Waals surface area contributed by atoms with Crippen LogP contribution < -0.4 is 16.0 Å². The second-order valence-electron chi connectivity index (χ2n) is 4.90. The maximum Gasteiger partial charge on any atom is 0.265 e. The van der Waals surface area contributed by atoms with Crippen LogP contribution in [0.3, 0.4) is 0 Å². The normalized spacial score (nSPS) is 12.2. The predicted octanol–water partition coefficient (Wildman–Crippen LogP) is 2.30. The van der Waals surface area contributed by atoms with Crippen molar-refractivity contribution >= 4 is 40.0 Å². The molecule has 114 valence electrons. The molecule has 1 aromatic rings. The van der Waals surface area contributed by atoms with Crippen molar-refractivity contribution in [2.45, 2.75) is 20.3 Å². The predicted molar refractivity (Wildman–Crippen MR) is 90.0 cm³/mol. The first-order valence-electron chi connectivity index (χ1n) is 6.74. The lowest BCUT2D eigenvalue weighted by Crippen LogP contribution is -2.29. The van der Waals surface area contributed by atoms with E-state index in [1.807, 2.05) is 11.9 Å². The van der Waals surface area contributed by atoms with Gasteiger partial charge in [0.05, 0.1) is 0 Å². The monoisotopic (exact) mass is 316 g/mol. The maximum atomic E-state index is 12.1. The average Bonchev–Trinajstić information content (AvgIpc) is 2.79. The van der Waals surface area contributed by atoms with Gasteiger partial charge in [-0.15, -0.1) is 0 Å². The van der Waals surface area contributed by atoms with E-state index in [-0.39, 0.29) is 5.91 Å². The van der Waals surface area contributed by atoms with Gasteiger partial charge in [0, 0.05) is 20.1 Å². The number of nitrogens with zero attached hydrogens (tertiary/aromatic N) is 2. The van der Waals surface area contributed by atoms with Crippen molar-refractivity contribution in [3.8, 4) is 0 Å². The van der Waals surface area contributed by atoms with E-state index in [1.54, 1.807) is 11.8 Å². The van der Waals surface area contributed by atoms with Crippen LogP contribution in [-0.2, 0) is 0 Å². The summed E-state index contributed by atoms with van der Waals surface area (Å²) in [4.78, 5) is 18.9. The Labute approximate surface area is 129 Å². The Balaban J connectivity index is 2.64. The lowest BCUT2D eigenvalue weighted by molar-refractivity contribution is 0.0954. The molecule has 3 N–H and O–H groups in total. The van der Waals surface area contributed by atoms with Gasteiger partial charge in [-0.3, -0.25) is 4.79 Å². The first-order valence-corrected chi connectivity index (χ1v) is 8.95. The van der Waals surface area contributed by atoms with E-state index in [9.17, 15) is 4.79 Å². The first kappa shape index (κ1) is 17.1. The highest BCUT2D eigenvalue weighted by molar-refractivity contribution is 7.98. The molecule has 0 aliphatic carbocycles. The number of nitrogens with two attached hydrogens (primary N) is 1. The fourth-order valence-electron chi connectivity index (χ4n) is 1.77. The molecule has 0 saturated heterocycles. The summed E-state index contributed by atoms with van der Waals surface area (Å²) in [6.45, 7) is 5.79. The van der Waals surface area contributed by atoms with Crippen LogP contribution in [0.5, 0.6) is 0 Å². The smallest absolute Gasteiger partial charge is 0.265 e. The van der Waals surface area contributed by atoms with Crippen molar-refractivity contribution < 1.29 is 4.79 Å². The standard InChI is InChI=1S/C13H24N4OS2/c1-5-6-17(3)13-16-11(14)10(20-13)12(18)15-7-9(2)8-19-4/h9H,5-8,14H2,1-4H3,(H,15,18). The topological polar surface area (TPSA) is 71.2 Å². The molecule has 0 saturated carbocycles. The van der Waals surface area contributed by atoms with Crippen LogP contribution in [0.4, 0.5) is 10.9 Å². The zero-order valence-corrected chi connectivity index (χ0v) is 14.2. The Hall–Kier alpha value is -0.950. The van der Waals surface area contributed by atoms with E-state index >= 15 is 0 Å². The van der Waals surface area contributed by atoms with Crippen LogP contribution in [0, 0.1) is 5.92 Å². The van der Waals surface area contributed by atoms with E-state index in [0.29, 0.717) is 23.2 Å². The number of thiazole rings is 1. The minimum absolute atomic E-state index is 0.121. The van der Waals surface area contributed by atoms with Crippen LogP contribution in [0.1, 0.15) is 29.9 Å². The molecule has 0 aromatic carbocycles. The van der Waals surface area contributed by atoms with Gasteiger partial charge in [0.15, 0.2) is 5.13 Å². The van der Waals surface area contributed by atoms with Gasteiger partial charge in [0.1, 0.15) is 10.7 Å². The zero-order chi connectivity index (χ0) is 15.1. The summed E-state index contributed by atoms with van der Waals surface area (Å²) in [7, 11) is 1.96. The molecule has 0 aliphatic heterocycles. The molecule has 7 heteroatoms. The van der Waals surface area contributed by atoms with E-state index in [0.717, 1.165) is 23.8 Å². The number of thioether (sulfide) groups is 1. The molecule has 1 amide bonds. The summed E-state index contributed by atoms with van der Waals surface area (Å²) < 4.78 is 0. The Morgan fingerprint density at radius 2 is 2.30 bits per heavy atom. The lowest BCUT2D eigenvalue weighted by Gasteiger charge is -2.13. The number of nitrogens with one attached hydrogen (secondary N) is 1. The summed E-state index contributed by atoms with van der Waals surface area (Å²) >= 11 is 3.13. The van der Waals surface area contributed by atoms with Crippen LogP contribution >= 0.6 is 23.1 Å². The molecule has 1 atom stereocenters. The lowest BCUT2D eigenvalue weighted by atomic mass is 10.2. The summed E-state index contributed by atoms with van der Waals surface area (Å²) in [5.74, 6) is 1.68. The molecular formula is C13H24N4OS2. The van der Waals surface area contributed by atoms with E-state index in [1.165, 1.54) is 11.3 Å². The molecule has 20 heavy (non-hydrogen) atoms. The van der Waals surface area contributed by atoms with Crippen LogP contribution in [0.25, 0.3) is 0 Å². The second kappa shape index (κ2) is 8.36. The van der Waals surface area contributed by atoms with Crippen molar-refractivity contribution in [3.63, 3.8) is 0 Å². The van der Waals surface area contributed by atoms with Gasteiger partial charge in [-0.1, -0.05) is 25.2 Å². The third-order valence-electron chi connectivity index (χ3n) is 2.80. The van der Waals surface area contributed by atoms with E-state index in [4.69, 9.17) is 5.73 Å². The molecule has 5 nitrogen and oxygen atoms in total. The molecule has 0 spiro atoms. The third kappa shape index (κ3) is 4.86. The van der Waals surface area contributed by atoms with Gasteiger partial charge in [-0.2, -0.15) is 11.8 Å². The van der Waals surface area contributed by atoms with Gasteiger partial charge in [-0.25, -0.2) is 4.98 Å². The number of nitrogen functional groups attached to an aromatic ring is 1. The number of hydrogen-bond donors (Lipinski definition) is 2. The number of aromatic nitrogens is 1. The molecule has 1 unspecified atom stereocenters. The number of carbonyl (C=O) groups excluding carboxylic acids is 1. The average molecular weight is 316 g/mol. The summed E-state index contributed by atoms with van der Waals surface area (Å²) in [5, 5.41) is 3.73. The van der Waals surface area contributed by atoms with E-state index in [2.05, 4.69) is 30.4 Å². The molecule has 0 fully saturated rings. The van der Waals surface area contributed by atoms with Gasteiger partial charge in [-0.05, 0) is 24.3 Å². The molecular weight excluding hydrogens is 292 g/mol. The molecule has 0 bridgehead atoms. The maximum absolute atomic E-state index is 12.1. The van der Waals surface area contributed by atoms with Gasteiger partial charge in [0.2, 0.25) is 0 Å². The van der Waals surface area contributed by atoms with Gasteiger partial charge >= 0.3 is 0 Å². The number of carbonyl (C=O) groups is 1. The van der Waals surface area contributed by atoms with Crippen LogP contribution in [0.15, 0.2) is 0 Å². The fraction of sp³-hybridized carbons (Fsp3) is 0.692. The molecule has 1 aromatic heterocycles. The SMILES string of the molecule is CCCN(C)c1nc(N)c(C(=O)NCC(C)CSC)s1. The van der Waals surface area contributed by atoms with Crippen molar-refractivity contribution in [2.24, 2.45) is 5.92 Å². The Morgan fingerprint density at radius 3 is 2.90 bits per heavy atom. The molecule has 0 aliphatic rings. The highest BCUT2D eigenvalue weighted by Crippen LogP contribution is 2.27. The van der Waals surface area contributed by atoms with Gasteiger partial charge < -0.3 is 16.0 Å². The fourth-order valence-corrected chi connectivity index (χ4v) is 3.34. The minimum atomic E-state index is -0.121. The molecule has 0 radical (unpaired) electrons. The van der Waals surface area contributed by atoms with Crippen molar-refractivity contribution in [3.05, 3.63) is 4.88 Å². The Morgan fingerprint density at radius 1 is 1.60 bits per heavy atom. The largest absolute Gasteiger partial charge is 0.382 e. The highest BCUT2D eigenvalue weighted by atomic mass is 32.2. The summed E-state index contributed by atoms with van der Waals surface area (Å²) in [5.41, 5.74) is 5.85. The van der Waals surface area contributed by atoms with Crippen LogP contribution in [-0.4, -0.2) is 43.0 Å². The molecule has 1 rings (SSSR count). The summed E-state index contributed by atoms with van der Waals surface area (Å²) in [6.07, 6.45) is 3.10. The second-order valence-corrected chi connectivity index (χ2v) is 6.79. The third-order valence-corrected chi connectivity index (χ3v) is 4.88. The van der Waals surface area contributed by atoms with E-state index < -0.39 is 0 Å².